The Bertz CT molecular complexity index is 379. The van der Waals surface area contributed by atoms with Gasteiger partial charge in [0.1, 0.15) is 0 Å². The number of aryl methyl sites for hydroxylation is 1. The van der Waals surface area contributed by atoms with Crippen LogP contribution in [-0.2, 0) is 0 Å². The van der Waals surface area contributed by atoms with Crippen molar-refractivity contribution in [3.05, 3.63) is 48.4 Å². The van der Waals surface area contributed by atoms with Gasteiger partial charge in [0.25, 0.3) is 0 Å². The van der Waals surface area contributed by atoms with Gasteiger partial charge in [-0.1, -0.05) is 6.07 Å². The number of hydrogen-bond donors (Lipinski definition) is 0. The van der Waals surface area contributed by atoms with Gasteiger partial charge >= 0.3 is 0 Å². The van der Waals surface area contributed by atoms with Crippen LogP contribution in [0.5, 0.6) is 0 Å². The SMILES string of the molecule is Cc1ccc(-c2cccnc2)nc1. The Hall–Kier alpha value is -1.70. The van der Waals surface area contributed by atoms with Gasteiger partial charge in [0.05, 0.1) is 5.69 Å². The summed E-state index contributed by atoms with van der Waals surface area (Å²) in [5, 5.41) is 0. The zero-order valence-corrected chi connectivity index (χ0v) is 7.44. The van der Waals surface area contributed by atoms with E-state index < -0.39 is 0 Å². The third kappa shape index (κ3) is 1.72. The molecule has 2 heteroatoms. The minimum atomic E-state index is 0.971. The highest BCUT2D eigenvalue weighted by atomic mass is 14.7. The zero-order chi connectivity index (χ0) is 9.10. The van der Waals surface area contributed by atoms with E-state index in [0.29, 0.717) is 0 Å². The number of rotatable bonds is 1. The van der Waals surface area contributed by atoms with Gasteiger partial charge in [-0.05, 0) is 30.7 Å². The molecule has 0 fully saturated rings. The van der Waals surface area contributed by atoms with E-state index in [9.17, 15) is 0 Å². The van der Waals surface area contributed by atoms with Crippen molar-refractivity contribution in [2.24, 2.45) is 0 Å². The van der Waals surface area contributed by atoms with Crippen LogP contribution in [0.2, 0.25) is 0 Å². The second kappa shape index (κ2) is 3.35. The molecule has 0 aliphatic carbocycles. The Labute approximate surface area is 77.3 Å². The highest BCUT2D eigenvalue weighted by molar-refractivity contribution is 5.57. The minimum absolute atomic E-state index is 0.971. The first-order chi connectivity index (χ1) is 6.36. The Balaban J connectivity index is 2.42. The van der Waals surface area contributed by atoms with E-state index >= 15 is 0 Å². The molecular weight excluding hydrogens is 160 g/mol. The highest BCUT2D eigenvalue weighted by Crippen LogP contribution is 2.14. The summed E-state index contributed by atoms with van der Waals surface area (Å²) in [7, 11) is 0. The zero-order valence-electron chi connectivity index (χ0n) is 7.44. The molecule has 0 aliphatic rings. The van der Waals surface area contributed by atoms with Crippen molar-refractivity contribution in [3.8, 4) is 11.3 Å². The predicted molar refractivity (Wildman–Crippen MR) is 52.2 cm³/mol. The summed E-state index contributed by atoms with van der Waals surface area (Å²) in [4.78, 5) is 8.35. The number of pyridine rings is 2. The molecule has 0 amide bonds. The molecule has 2 aromatic rings. The van der Waals surface area contributed by atoms with Gasteiger partial charge in [-0.2, -0.15) is 0 Å². The van der Waals surface area contributed by atoms with Crippen LogP contribution in [0.15, 0.2) is 42.9 Å². The van der Waals surface area contributed by atoms with Gasteiger partial charge in [-0.25, -0.2) is 0 Å². The Morgan fingerprint density at radius 2 is 2.00 bits per heavy atom. The van der Waals surface area contributed by atoms with Crippen molar-refractivity contribution in [1.82, 2.24) is 9.97 Å². The second-order valence-electron chi connectivity index (χ2n) is 2.96. The molecule has 0 unspecified atom stereocenters. The maximum absolute atomic E-state index is 4.31. The van der Waals surface area contributed by atoms with E-state index in [2.05, 4.69) is 16.0 Å². The highest BCUT2D eigenvalue weighted by Gasteiger charge is 1.96. The molecule has 0 radical (unpaired) electrons. The number of aromatic nitrogens is 2. The van der Waals surface area contributed by atoms with E-state index in [1.54, 1.807) is 6.20 Å². The molecule has 2 rings (SSSR count). The predicted octanol–water partition coefficient (Wildman–Crippen LogP) is 2.45. The fraction of sp³-hybridized carbons (Fsp3) is 0.0909. The number of hydrogen-bond acceptors (Lipinski definition) is 2. The van der Waals surface area contributed by atoms with Crippen molar-refractivity contribution in [3.63, 3.8) is 0 Å². The van der Waals surface area contributed by atoms with Crippen molar-refractivity contribution < 1.29 is 0 Å². The Morgan fingerprint density at radius 1 is 1.08 bits per heavy atom. The van der Waals surface area contributed by atoms with Crippen molar-refractivity contribution in [2.45, 2.75) is 6.92 Å². The van der Waals surface area contributed by atoms with Crippen molar-refractivity contribution >= 4 is 0 Å². The van der Waals surface area contributed by atoms with Crippen LogP contribution < -0.4 is 0 Å². The quantitative estimate of drug-likeness (QED) is 0.657. The fourth-order valence-corrected chi connectivity index (χ4v) is 1.15. The van der Waals surface area contributed by atoms with Gasteiger partial charge in [0.2, 0.25) is 0 Å². The molecule has 0 atom stereocenters. The fourth-order valence-electron chi connectivity index (χ4n) is 1.15. The molecule has 0 aromatic carbocycles. The first kappa shape index (κ1) is 7.92. The summed E-state index contributed by atoms with van der Waals surface area (Å²) in [6.45, 7) is 2.03. The van der Waals surface area contributed by atoms with Crippen molar-refractivity contribution in [2.75, 3.05) is 0 Å². The van der Waals surface area contributed by atoms with Gasteiger partial charge in [-0.15, -0.1) is 0 Å². The molecule has 64 valence electrons. The minimum Gasteiger partial charge on any atom is -0.264 e. The first-order valence-corrected chi connectivity index (χ1v) is 4.19. The topological polar surface area (TPSA) is 25.8 Å². The van der Waals surface area contributed by atoms with Crippen LogP contribution in [-0.4, -0.2) is 9.97 Å². The average Bonchev–Trinajstić information content (AvgIpc) is 2.20. The molecule has 0 saturated heterocycles. The van der Waals surface area contributed by atoms with E-state index in [1.165, 1.54) is 5.56 Å². The second-order valence-corrected chi connectivity index (χ2v) is 2.96. The Kier molecular flexibility index (Phi) is 2.04. The summed E-state index contributed by atoms with van der Waals surface area (Å²) in [5.74, 6) is 0. The normalized spacial score (nSPS) is 9.92. The lowest BCUT2D eigenvalue weighted by molar-refractivity contribution is 1.25. The summed E-state index contributed by atoms with van der Waals surface area (Å²) >= 11 is 0. The Morgan fingerprint density at radius 3 is 2.62 bits per heavy atom. The lowest BCUT2D eigenvalue weighted by Gasteiger charge is -1.99. The third-order valence-electron chi connectivity index (χ3n) is 1.87. The van der Waals surface area contributed by atoms with Crippen LogP contribution in [0.1, 0.15) is 5.56 Å². The van der Waals surface area contributed by atoms with Crippen LogP contribution in [0.3, 0.4) is 0 Å². The maximum atomic E-state index is 4.31. The third-order valence-corrected chi connectivity index (χ3v) is 1.87. The van der Waals surface area contributed by atoms with Crippen LogP contribution in [0.4, 0.5) is 0 Å². The molecule has 2 aromatic heterocycles. The number of nitrogens with zero attached hydrogens (tertiary/aromatic N) is 2. The van der Waals surface area contributed by atoms with Crippen LogP contribution >= 0.6 is 0 Å². The molecule has 13 heavy (non-hydrogen) atoms. The standard InChI is InChI=1S/C11H10N2/c1-9-4-5-11(13-7-9)10-3-2-6-12-8-10/h2-8H,1H3. The summed E-state index contributed by atoms with van der Waals surface area (Å²) in [5.41, 5.74) is 3.20. The van der Waals surface area contributed by atoms with Crippen LogP contribution in [0.25, 0.3) is 11.3 Å². The summed E-state index contributed by atoms with van der Waals surface area (Å²) in [6.07, 6.45) is 5.44. The molecule has 0 saturated carbocycles. The van der Waals surface area contributed by atoms with Gasteiger partial charge in [0, 0.05) is 24.2 Å². The lowest BCUT2D eigenvalue weighted by Crippen LogP contribution is -1.84. The van der Waals surface area contributed by atoms with E-state index in [0.717, 1.165) is 11.3 Å². The largest absolute Gasteiger partial charge is 0.264 e. The monoisotopic (exact) mass is 170 g/mol. The maximum Gasteiger partial charge on any atom is 0.0717 e. The molecule has 2 heterocycles. The summed E-state index contributed by atoms with van der Waals surface area (Å²) in [6, 6.07) is 7.98. The molecule has 0 spiro atoms. The van der Waals surface area contributed by atoms with Crippen LogP contribution in [0, 0.1) is 6.92 Å². The molecule has 2 nitrogen and oxygen atoms in total. The van der Waals surface area contributed by atoms with E-state index in [-0.39, 0.29) is 0 Å². The first-order valence-electron chi connectivity index (χ1n) is 4.19. The van der Waals surface area contributed by atoms with Crippen molar-refractivity contribution in [1.29, 1.82) is 0 Å². The van der Waals surface area contributed by atoms with E-state index in [1.807, 2.05) is 37.5 Å². The molecule has 0 N–H and O–H groups in total. The molecule has 0 aliphatic heterocycles. The van der Waals surface area contributed by atoms with Gasteiger partial charge < -0.3 is 0 Å². The molecular formula is C11H10N2. The molecule has 0 bridgehead atoms. The average molecular weight is 170 g/mol. The lowest BCUT2D eigenvalue weighted by atomic mass is 10.2. The van der Waals surface area contributed by atoms with E-state index in [4.69, 9.17) is 0 Å². The smallest absolute Gasteiger partial charge is 0.0717 e. The summed E-state index contributed by atoms with van der Waals surface area (Å²) < 4.78 is 0. The van der Waals surface area contributed by atoms with Gasteiger partial charge in [0.15, 0.2) is 0 Å². The van der Waals surface area contributed by atoms with Gasteiger partial charge in [-0.3, -0.25) is 9.97 Å².